The number of carboxylic acid groups (broad SMARTS) is 1. The zero-order valence-corrected chi connectivity index (χ0v) is 12.4. The Hall–Kier alpha value is -2.07. The van der Waals surface area contributed by atoms with Crippen LogP contribution >= 0.6 is 15.9 Å². The van der Waals surface area contributed by atoms with Gasteiger partial charge in [-0.3, -0.25) is 0 Å². The molecule has 0 amide bonds. The third-order valence-electron chi connectivity index (χ3n) is 2.88. The minimum absolute atomic E-state index is 0.120. The number of hydrogen-bond donors (Lipinski definition) is 2. The van der Waals surface area contributed by atoms with E-state index in [0.29, 0.717) is 15.6 Å². The van der Waals surface area contributed by atoms with Crippen LogP contribution in [0.15, 0.2) is 46.9 Å². The number of aromatic hydroxyl groups is 1. The summed E-state index contributed by atoms with van der Waals surface area (Å²) >= 11 is 3.21. The van der Waals surface area contributed by atoms with Gasteiger partial charge >= 0.3 is 5.97 Å². The van der Waals surface area contributed by atoms with Crippen LogP contribution in [0.2, 0.25) is 0 Å². The average Bonchev–Trinajstić information content (AvgIpc) is 2.41. The quantitative estimate of drug-likeness (QED) is 0.657. The first-order valence-corrected chi connectivity index (χ1v) is 6.77. The number of carboxylic acids is 1. The molecular weight excluding hydrogens is 320 g/mol. The maximum absolute atomic E-state index is 11.4. The summed E-state index contributed by atoms with van der Waals surface area (Å²) in [5.74, 6) is -0.868. The molecule has 0 bridgehead atoms. The summed E-state index contributed by atoms with van der Waals surface area (Å²) < 4.78 is 0.528. The van der Waals surface area contributed by atoms with E-state index in [-0.39, 0.29) is 11.3 Å². The molecule has 4 heteroatoms. The molecule has 20 heavy (non-hydrogen) atoms. The molecule has 0 heterocycles. The average molecular weight is 333 g/mol. The molecule has 0 aliphatic heterocycles. The van der Waals surface area contributed by atoms with E-state index in [4.69, 9.17) is 0 Å². The Morgan fingerprint density at radius 3 is 2.35 bits per heavy atom. The molecule has 0 aliphatic carbocycles. The molecule has 3 nitrogen and oxygen atoms in total. The van der Waals surface area contributed by atoms with Gasteiger partial charge in [0.1, 0.15) is 5.75 Å². The molecule has 0 saturated heterocycles. The van der Waals surface area contributed by atoms with Crippen LogP contribution in [0, 0.1) is 6.92 Å². The van der Waals surface area contributed by atoms with Gasteiger partial charge in [0.2, 0.25) is 0 Å². The van der Waals surface area contributed by atoms with E-state index < -0.39 is 5.97 Å². The third-order valence-corrected chi connectivity index (χ3v) is 3.51. The topological polar surface area (TPSA) is 57.5 Å². The molecule has 2 N–H and O–H groups in total. The predicted octanol–water partition coefficient (Wildman–Crippen LogP) is 4.09. The van der Waals surface area contributed by atoms with E-state index >= 15 is 0 Å². The van der Waals surface area contributed by atoms with E-state index in [2.05, 4.69) is 15.9 Å². The number of rotatable bonds is 3. The first-order chi connectivity index (χ1) is 9.47. The maximum Gasteiger partial charge on any atom is 0.336 e. The van der Waals surface area contributed by atoms with Crippen LogP contribution < -0.4 is 0 Å². The molecule has 0 spiro atoms. The summed E-state index contributed by atoms with van der Waals surface area (Å²) in [6, 6.07) is 12.2. The Morgan fingerprint density at radius 1 is 1.15 bits per heavy atom. The summed E-state index contributed by atoms with van der Waals surface area (Å²) in [6.07, 6.45) is 1.58. The largest absolute Gasteiger partial charge is 0.507 e. The van der Waals surface area contributed by atoms with Crippen LogP contribution in [0.1, 0.15) is 16.7 Å². The fourth-order valence-corrected chi connectivity index (χ4v) is 2.18. The van der Waals surface area contributed by atoms with Gasteiger partial charge in [-0.05, 0) is 52.2 Å². The highest BCUT2D eigenvalue weighted by atomic mass is 79.9. The second-order valence-electron chi connectivity index (χ2n) is 4.44. The first kappa shape index (κ1) is 14.3. The van der Waals surface area contributed by atoms with E-state index in [1.165, 1.54) is 6.07 Å². The zero-order chi connectivity index (χ0) is 14.7. The third kappa shape index (κ3) is 3.27. The maximum atomic E-state index is 11.4. The first-order valence-electron chi connectivity index (χ1n) is 5.98. The second kappa shape index (κ2) is 5.92. The van der Waals surface area contributed by atoms with Gasteiger partial charge in [0.15, 0.2) is 0 Å². The standard InChI is InChI=1S/C16H13BrO3/c1-10-2-5-12(6-3-10)13(16(19)20)8-11-4-7-15(18)14(17)9-11/h2-9,18H,1H3,(H,19,20)/b13-8-. The van der Waals surface area contributed by atoms with Crippen molar-refractivity contribution in [1.82, 2.24) is 0 Å². The van der Waals surface area contributed by atoms with Crippen molar-refractivity contribution < 1.29 is 15.0 Å². The van der Waals surface area contributed by atoms with E-state index in [0.717, 1.165) is 5.56 Å². The number of phenols is 1. The lowest BCUT2D eigenvalue weighted by molar-refractivity contribution is -0.130. The Bertz CT molecular complexity index is 673. The van der Waals surface area contributed by atoms with Crippen molar-refractivity contribution in [2.75, 3.05) is 0 Å². The summed E-state index contributed by atoms with van der Waals surface area (Å²) in [5, 5.41) is 18.8. The van der Waals surface area contributed by atoms with Gasteiger partial charge in [0, 0.05) is 0 Å². The second-order valence-corrected chi connectivity index (χ2v) is 5.29. The van der Waals surface area contributed by atoms with Crippen molar-refractivity contribution in [2.24, 2.45) is 0 Å². The normalized spacial score (nSPS) is 11.4. The molecule has 0 aliphatic rings. The van der Waals surface area contributed by atoms with Crippen molar-refractivity contribution in [1.29, 1.82) is 0 Å². The van der Waals surface area contributed by atoms with E-state index in [9.17, 15) is 15.0 Å². The molecule has 0 unspecified atom stereocenters. The van der Waals surface area contributed by atoms with Crippen molar-refractivity contribution in [2.45, 2.75) is 6.92 Å². The number of aliphatic carboxylic acids is 1. The molecule has 102 valence electrons. The van der Waals surface area contributed by atoms with Crippen molar-refractivity contribution in [3.63, 3.8) is 0 Å². The van der Waals surface area contributed by atoms with Crippen molar-refractivity contribution >= 4 is 33.5 Å². The molecule has 2 rings (SSSR count). The number of hydrogen-bond acceptors (Lipinski definition) is 2. The predicted molar refractivity (Wildman–Crippen MR) is 82.5 cm³/mol. The fraction of sp³-hybridized carbons (Fsp3) is 0.0625. The number of benzene rings is 2. The van der Waals surface area contributed by atoms with Crippen LogP contribution in [0.3, 0.4) is 0 Å². The Morgan fingerprint density at radius 2 is 1.80 bits per heavy atom. The SMILES string of the molecule is Cc1ccc(/C(=C/c2ccc(O)c(Br)c2)C(=O)O)cc1. The summed E-state index contributed by atoms with van der Waals surface area (Å²) in [4.78, 5) is 11.4. The summed E-state index contributed by atoms with van der Waals surface area (Å²) in [6.45, 7) is 1.95. The van der Waals surface area contributed by atoms with E-state index in [1.54, 1.807) is 30.3 Å². The van der Waals surface area contributed by atoms with Gasteiger partial charge in [-0.2, -0.15) is 0 Å². The highest BCUT2D eigenvalue weighted by molar-refractivity contribution is 9.10. The van der Waals surface area contributed by atoms with Gasteiger partial charge in [-0.1, -0.05) is 35.9 Å². The molecule has 0 radical (unpaired) electrons. The highest BCUT2D eigenvalue weighted by Crippen LogP contribution is 2.27. The molecule has 0 saturated carbocycles. The number of halogens is 1. The van der Waals surface area contributed by atoms with Crippen LogP contribution in [-0.2, 0) is 4.79 Å². The minimum Gasteiger partial charge on any atom is -0.507 e. The monoisotopic (exact) mass is 332 g/mol. The highest BCUT2D eigenvalue weighted by Gasteiger charge is 2.10. The van der Waals surface area contributed by atoms with Gasteiger partial charge in [-0.15, -0.1) is 0 Å². The molecule has 2 aromatic rings. The van der Waals surface area contributed by atoms with Gasteiger partial charge < -0.3 is 10.2 Å². The minimum atomic E-state index is -0.988. The molecule has 0 atom stereocenters. The lowest BCUT2D eigenvalue weighted by Gasteiger charge is -2.05. The smallest absolute Gasteiger partial charge is 0.336 e. The van der Waals surface area contributed by atoms with Crippen molar-refractivity contribution in [3.05, 3.63) is 63.6 Å². The van der Waals surface area contributed by atoms with Gasteiger partial charge in [0.25, 0.3) is 0 Å². The fourth-order valence-electron chi connectivity index (χ4n) is 1.78. The summed E-state index contributed by atoms with van der Waals surface area (Å²) in [7, 11) is 0. The Balaban J connectivity index is 2.47. The number of aryl methyl sites for hydroxylation is 1. The van der Waals surface area contributed by atoms with Crippen LogP contribution in [0.4, 0.5) is 0 Å². The Kier molecular flexibility index (Phi) is 4.25. The summed E-state index contributed by atoms with van der Waals surface area (Å²) in [5.41, 5.74) is 2.63. The number of carbonyl (C=O) groups is 1. The zero-order valence-electron chi connectivity index (χ0n) is 10.8. The van der Waals surface area contributed by atoms with Crippen molar-refractivity contribution in [3.8, 4) is 5.75 Å². The van der Waals surface area contributed by atoms with E-state index in [1.807, 2.05) is 19.1 Å². The molecule has 0 aromatic heterocycles. The van der Waals surface area contributed by atoms with Gasteiger partial charge in [0.05, 0.1) is 10.0 Å². The van der Waals surface area contributed by atoms with Crippen LogP contribution in [-0.4, -0.2) is 16.2 Å². The lowest BCUT2D eigenvalue weighted by atomic mass is 10.0. The molecular formula is C16H13BrO3. The van der Waals surface area contributed by atoms with Gasteiger partial charge in [-0.25, -0.2) is 4.79 Å². The van der Waals surface area contributed by atoms with Crippen LogP contribution in [0.25, 0.3) is 11.6 Å². The number of phenolic OH excluding ortho intramolecular Hbond substituents is 1. The Labute approximate surface area is 125 Å². The molecule has 2 aromatic carbocycles. The lowest BCUT2D eigenvalue weighted by Crippen LogP contribution is -1.99. The van der Waals surface area contributed by atoms with Crippen LogP contribution in [0.5, 0.6) is 5.75 Å². The molecule has 0 fully saturated rings.